The highest BCUT2D eigenvalue weighted by molar-refractivity contribution is 4.80. The number of hydrogen-bond acceptors (Lipinski definition) is 2. The lowest BCUT2D eigenvalue weighted by Gasteiger charge is -2.31. The summed E-state index contributed by atoms with van der Waals surface area (Å²) in [6, 6.07) is 0. The fourth-order valence-corrected chi connectivity index (χ4v) is 1.61. The van der Waals surface area contributed by atoms with Crippen LogP contribution in [0.25, 0.3) is 0 Å². The average Bonchev–Trinajstić information content (AvgIpc) is 2.17. The molecule has 14 heavy (non-hydrogen) atoms. The minimum Gasteiger partial charge on any atom is -0.393 e. The van der Waals surface area contributed by atoms with Crippen molar-refractivity contribution in [3.05, 3.63) is 0 Å². The van der Waals surface area contributed by atoms with Crippen LogP contribution in [-0.2, 0) is 0 Å². The van der Waals surface area contributed by atoms with Gasteiger partial charge in [-0.3, -0.25) is 0 Å². The first-order valence-corrected chi connectivity index (χ1v) is 5.95. The van der Waals surface area contributed by atoms with Gasteiger partial charge in [-0.1, -0.05) is 46.0 Å². The summed E-state index contributed by atoms with van der Waals surface area (Å²) < 4.78 is 0. The summed E-state index contributed by atoms with van der Waals surface area (Å²) in [7, 11) is 0. The standard InChI is InChI=1S/C12H27NO/c1-4-5-6-7-8-9-12(3,10-13)11(2)14/h11,14H,4-10,13H2,1-3H3. The van der Waals surface area contributed by atoms with E-state index in [9.17, 15) is 5.11 Å². The van der Waals surface area contributed by atoms with Gasteiger partial charge in [0.05, 0.1) is 6.10 Å². The van der Waals surface area contributed by atoms with Crippen molar-refractivity contribution >= 4 is 0 Å². The van der Waals surface area contributed by atoms with Crippen LogP contribution < -0.4 is 5.73 Å². The molecule has 86 valence electrons. The molecule has 0 fully saturated rings. The van der Waals surface area contributed by atoms with E-state index in [1.54, 1.807) is 0 Å². The smallest absolute Gasteiger partial charge is 0.0577 e. The molecule has 0 aromatic rings. The van der Waals surface area contributed by atoms with Crippen LogP contribution in [0.1, 0.15) is 59.3 Å². The Hall–Kier alpha value is -0.0800. The van der Waals surface area contributed by atoms with Crippen molar-refractivity contribution in [1.29, 1.82) is 0 Å². The topological polar surface area (TPSA) is 46.2 Å². The predicted molar refractivity (Wildman–Crippen MR) is 62.2 cm³/mol. The van der Waals surface area contributed by atoms with Crippen LogP contribution in [0.4, 0.5) is 0 Å². The molecule has 2 heteroatoms. The zero-order valence-corrected chi connectivity index (χ0v) is 10.1. The Bertz CT molecular complexity index is 136. The second-order valence-electron chi connectivity index (χ2n) is 4.70. The molecule has 0 spiro atoms. The Labute approximate surface area is 88.9 Å². The van der Waals surface area contributed by atoms with Gasteiger partial charge < -0.3 is 10.8 Å². The van der Waals surface area contributed by atoms with Crippen LogP contribution in [0.15, 0.2) is 0 Å². The van der Waals surface area contributed by atoms with Crippen molar-refractivity contribution in [1.82, 2.24) is 0 Å². The van der Waals surface area contributed by atoms with Gasteiger partial charge in [0.15, 0.2) is 0 Å². The van der Waals surface area contributed by atoms with Gasteiger partial charge in [0.25, 0.3) is 0 Å². The van der Waals surface area contributed by atoms with Crippen LogP contribution in [0, 0.1) is 5.41 Å². The van der Waals surface area contributed by atoms with Crippen molar-refractivity contribution in [2.24, 2.45) is 11.1 Å². The summed E-state index contributed by atoms with van der Waals surface area (Å²) in [5.74, 6) is 0. The zero-order chi connectivity index (χ0) is 11.0. The quantitative estimate of drug-likeness (QED) is 0.593. The number of aliphatic hydroxyl groups excluding tert-OH is 1. The number of hydrogen-bond donors (Lipinski definition) is 2. The summed E-state index contributed by atoms with van der Waals surface area (Å²) in [4.78, 5) is 0. The van der Waals surface area contributed by atoms with Gasteiger partial charge >= 0.3 is 0 Å². The van der Waals surface area contributed by atoms with Gasteiger partial charge in [0, 0.05) is 12.0 Å². The van der Waals surface area contributed by atoms with Crippen molar-refractivity contribution in [3.8, 4) is 0 Å². The molecule has 2 atom stereocenters. The number of rotatable bonds is 8. The summed E-state index contributed by atoms with van der Waals surface area (Å²) in [5.41, 5.74) is 5.61. The van der Waals surface area contributed by atoms with Crippen LogP contribution in [0.3, 0.4) is 0 Å². The molecule has 0 saturated carbocycles. The highest BCUT2D eigenvalue weighted by Crippen LogP contribution is 2.27. The Morgan fingerprint density at radius 1 is 1.21 bits per heavy atom. The van der Waals surface area contributed by atoms with Crippen LogP contribution in [0.2, 0.25) is 0 Å². The second kappa shape index (κ2) is 7.24. The fourth-order valence-electron chi connectivity index (χ4n) is 1.61. The first-order valence-electron chi connectivity index (χ1n) is 5.95. The molecule has 0 aromatic heterocycles. The van der Waals surface area contributed by atoms with Crippen LogP contribution in [0.5, 0.6) is 0 Å². The van der Waals surface area contributed by atoms with Crippen LogP contribution in [-0.4, -0.2) is 17.8 Å². The Balaban J connectivity index is 3.63. The van der Waals surface area contributed by atoms with Gasteiger partial charge in [-0.05, 0) is 13.3 Å². The summed E-state index contributed by atoms with van der Waals surface area (Å²) in [6.07, 6.45) is 7.15. The van der Waals surface area contributed by atoms with Crippen molar-refractivity contribution < 1.29 is 5.11 Å². The normalized spacial score (nSPS) is 17.8. The zero-order valence-electron chi connectivity index (χ0n) is 10.1. The third-order valence-corrected chi connectivity index (χ3v) is 3.33. The maximum Gasteiger partial charge on any atom is 0.0577 e. The largest absolute Gasteiger partial charge is 0.393 e. The molecule has 0 aliphatic heterocycles. The van der Waals surface area contributed by atoms with E-state index in [2.05, 4.69) is 13.8 Å². The van der Waals surface area contributed by atoms with Crippen molar-refractivity contribution in [2.45, 2.75) is 65.4 Å². The highest BCUT2D eigenvalue weighted by Gasteiger charge is 2.27. The van der Waals surface area contributed by atoms with Gasteiger partial charge in [-0.15, -0.1) is 0 Å². The number of aliphatic hydroxyl groups is 1. The molecule has 0 amide bonds. The maximum atomic E-state index is 9.59. The monoisotopic (exact) mass is 201 g/mol. The number of nitrogens with two attached hydrogens (primary N) is 1. The molecular formula is C12H27NO. The van der Waals surface area contributed by atoms with E-state index in [1.165, 1.54) is 32.1 Å². The van der Waals surface area contributed by atoms with E-state index in [4.69, 9.17) is 5.73 Å². The number of unbranched alkanes of at least 4 members (excludes halogenated alkanes) is 4. The molecule has 0 aliphatic carbocycles. The molecule has 2 nitrogen and oxygen atoms in total. The minimum atomic E-state index is -0.293. The van der Waals surface area contributed by atoms with Gasteiger partial charge in [-0.2, -0.15) is 0 Å². The average molecular weight is 201 g/mol. The molecule has 2 unspecified atom stereocenters. The van der Waals surface area contributed by atoms with Crippen molar-refractivity contribution in [2.75, 3.05) is 6.54 Å². The van der Waals surface area contributed by atoms with E-state index in [-0.39, 0.29) is 11.5 Å². The van der Waals surface area contributed by atoms with Gasteiger partial charge in [0.2, 0.25) is 0 Å². The molecule has 3 N–H and O–H groups in total. The summed E-state index contributed by atoms with van der Waals surface area (Å²) in [6.45, 7) is 6.73. The minimum absolute atomic E-state index is 0.0772. The van der Waals surface area contributed by atoms with Crippen LogP contribution >= 0.6 is 0 Å². The maximum absolute atomic E-state index is 9.59. The molecule has 0 aliphatic rings. The summed E-state index contributed by atoms with van der Waals surface area (Å²) in [5, 5.41) is 9.59. The lowest BCUT2D eigenvalue weighted by molar-refractivity contribution is 0.0500. The van der Waals surface area contributed by atoms with E-state index in [0.29, 0.717) is 6.54 Å². The third kappa shape index (κ3) is 4.97. The predicted octanol–water partition coefficient (Wildman–Crippen LogP) is 2.69. The molecule has 0 bridgehead atoms. The first-order chi connectivity index (χ1) is 6.56. The molecule has 0 radical (unpaired) electrons. The molecule has 0 aromatic carbocycles. The Kier molecular flexibility index (Phi) is 7.20. The lowest BCUT2D eigenvalue weighted by Crippen LogP contribution is -2.37. The molecular weight excluding hydrogens is 174 g/mol. The van der Waals surface area contributed by atoms with E-state index in [0.717, 1.165) is 6.42 Å². The first kappa shape index (κ1) is 13.9. The van der Waals surface area contributed by atoms with E-state index >= 15 is 0 Å². The van der Waals surface area contributed by atoms with Gasteiger partial charge in [0.1, 0.15) is 0 Å². The SMILES string of the molecule is CCCCCCCC(C)(CN)C(C)O. The Morgan fingerprint density at radius 3 is 2.21 bits per heavy atom. The molecule has 0 heterocycles. The molecule has 0 rings (SSSR count). The fraction of sp³-hybridized carbons (Fsp3) is 1.00. The third-order valence-electron chi connectivity index (χ3n) is 3.33. The Morgan fingerprint density at radius 2 is 1.79 bits per heavy atom. The van der Waals surface area contributed by atoms with E-state index < -0.39 is 0 Å². The molecule has 0 saturated heterocycles. The summed E-state index contributed by atoms with van der Waals surface area (Å²) >= 11 is 0. The van der Waals surface area contributed by atoms with Crippen molar-refractivity contribution in [3.63, 3.8) is 0 Å². The lowest BCUT2D eigenvalue weighted by atomic mass is 9.80. The van der Waals surface area contributed by atoms with E-state index in [1.807, 2.05) is 6.92 Å². The van der Waals surface area contributed by atoms with Gasteiger partial charge in [-0.25, -0.2) is 0 Å². The highest BCUT2D eigenvalue weighted by atomic mass is 16.3. The second-order valence-corrected chi connectivity index (χ2v) is 4.70.